The lowest BCUT2D eigenvalue weighted by atomic mass is 10.0. The summed E-state index contributed by atoms with van der Waals surface area (Å²) in [5.41, 5.74) is 5.32. The third kappa shape index (κ3) is 4.80. The molecule has 0 aliphatic heterocycles. The predicted octanol–water partition coefficient (Wildman–Crippen LogP) is 5.34. The summed E-state index contributed by atoms with van der Waals surface area (Å²) in [6.45, 7) is 2.14. The van der Waals surface area contributed by atoms with Gasteiger partial charge >= 0.3 is 0 Å². The van der Waals surface area contributed by atoms with E-state index in [4.69, 9.17) is 0 Å². The molecule has 3 aromatic rings. The van der Waals surface area contributed by atoms with Crippen molar-refractivity contribution in [1.82, 2.24) is 0 Å². The molecule has 120 valence electrons. The van der Waals surface area contributed by atoms with Crippen molar-refractivity contribution in [3.63, 3.8) is 0 Å². The van der Waals surface area contributed by atoms with Crippen molar-refractivity contribution in [2.45, 2.75) is 18.2 Å². The van der Waals surface area contributed by atoms with Crippen LogP contribution in [0.2, 0.25) is 0 Å². The molecule has 0 fully saturated rings. The van der Waals surface area contributed by atoms with Gasteiger partial charge in [-0.3, -0.25) is 0 Å². The van der Waals surface area contributed by atoms with Crippen LogP contribution in [0, 0.1) is 23.7 Å². The van der Waals surface area contributed by atoms with Crippen molar-refractivity contribution < 1.29 is 0 Å². The van der Waals surface area contributed by atoms with Crippen molar-refractivity contribution in [2.24, 2.45) is 0 Å². The lowest BCUT2D eigenvalue weighted by molar-refractivity contribution is 1.13. The Labute approximate surface area is 155 Å². The fourth-order valence-electron chi connectivity index (χ4n) is 2.44. The van der Waals surface area contributed by atoms with Gasteiger partial charge in [0.2, 0.25) is 0 Å². The van der Waals surface area contributed by atoms with Crippen molar-refractivity contribution in [2.75, 3.05) is 0 Å². The minimum absolute atomic E-state index is 0.933. The molecule has 1 heteroatoms. The number of hydrogen-bond acceptors (Lipinski definition) is 1. The molecule has 0 nitrogen and oxygen atoms in total. The minimum atomic E-state index is 0.933. The summed E-state index contributed by atoms with van der Waals surface area (Å²) in [5.74, 6) is 12.9. The molecule has 0 saturated heterocycles. The molecule has 25 heavy (non-hydrogen) atoms. The molecule has 0 aliphatic rings. The van der Waals surface area contributed by atoms with Crippen LogP contribution in [0.3, 0.4) is 0 Å². The highest BCUT2D eigenvalue weighted by molar-refractivity contribution is 7.80. The first-order valence-electron chi connectivity index (χ1n) is 8.25. The molecule has 0 aliphatic carbocycles. The Morgan fingerprint density at radius 2 is 1.28 bits per heavy atom. The summed E-state index contributed by atoms with van der Waals surface area (Å²) in [6, 6.07) is 24.2. The Morgan fingerprint density at radius 3 is 2.00 bits per heavy atom. The Bertz CT molecular complexity index is 975. The third-order valence-corrected chi connectivity index (χ3v) is 4.12. The molecule has 0 radical (unpaired) electrons. The van der Waals surface area contributed by atoms with E-state index in [0.29, 0.717) is 0 Å². The van der Waals surface area contributed by atoms with Crippen LogP contribution in [0.1, 0.15) is 34.7 Å². The summed E-state index contributed by atoms with van der Waals surface area (Å²) in [4.78, 5) is 0.945. The van der Waals surface area contributed by atoms with Crippen LogP contribution in [-0.2, 0) is 6.42 Å². The van der Waals surface area contributed by atoms with Gasteiger partial charge in [-0.15, -0.1) is 12.6 Å². The van der Waals surface area contributed by atoms with E-state index < -0.39 is 0 Å². The van der Waals surface area contributed by atoms with Crippen LogP contribution in [0.25, 0.3) is 0 Å². The van der Waals surface area contributed by atoms with Crippen molar-refractivity contribution in [1.29, 1.82) is 0 Å². The molecule has 0 atom stereocenters. The maximum absolute atomic E-state index is 4.29. The molecular formula is C24H18S. The molecule has 0 unspecified atom stereocenters. The van der Waals surface area contributed by atoms with E-state index >= 15 is 0 Å². The molecule has 0 amide bonds. The number of thiol groups is 1. The molecule has 0 N–H and O–H groups in total. The van der Waals surface area contributed by atoms with Crippen molar-refractivity contribution in [3.05, 3.63) is 101 Å². The first-order chi connectivity index (χ1) is 12.2. The predicted molar refractivity (Wildman–Crippen MR) is 108 cm³/mol. The Morgan fingerprint density at radius 1 is 0.680 bits per heavy atom. The second-order valence-electron chi connectivity index (χ2n) is 5.64. The van der Waals surface area contributed by atoms with Crippen LogP contribution in [0.5, 0.6) is 0 Å². The topological polar surface area (TPSA) is 0 Å². The van der Waals surface area contributed by atoms with E-state index in [2.05, 4.69) is 55.4 Å². The largest absolute Gasteiger partial charge is 0.143 e. The SMILES string of the molecule is CCc1cc(C#Cc2ccc(S)cc2)ccc1C#Cc1ccccc1. The van der Waals surface area contributed by atoms with Gasteiger partial charge in [-0.2, -0.15) is 0 Å². The highest BCUT2D eigenvalue weighted by Crippen LogP contribution is 2.13. The van der Waals surface area contributed by atoms with Crippen LogP contribution in [-0.4, -0.2) is 0 Å². The number of benzene rings is 3. The highest BCUT2D eigenvalue weighted by atomic mass is 32.1. The number of aryl methyl sites for hydroxylation is 1. The van der Waals surface area contributed by atoms with E-state index in [9.17, 15) is 0 Å². The Kier molecular flexibility index (Phi) is 5.63. The third-order valence-electron chi connectivity index (χ3n) is 3.82. The van der Waals surface area contributed by atoms with Crippen LogP contribution >= 0.6 is 12.6 Å². The highest BCUT2D eigenvalue weighted by Gasteiger charge is 1.99. The molecule has 0 spiro atoms. The first-order valence-corrected chi connectivity index (χ1v) is 8.70. The van der Waals surface area contributed by atoms with Crippen LogP contribution < -0.4 is 0 Å². The molecule has 0 heterocycles. The standard InChI is InChI=1S/C24H18S/c1-2-22-18-21(9-8-20-12-16-24(25)17-13-20)11-15-23(22)14-10-19-6-4-3-5-7-19/h3-7,11-13,15-18,25H,2H2,1H3. The van der Waals surface area contributed by atoms with Crippen LogP contribution in [0.4, 0.5) is 0 Å². The van der Waals surface area contributed by atoms with Gasteiger partial charge in [0.05, 0.1) is 0 Å². The lowest BCUT2D eigenvalue weighted by Crippen LogP contribution is -1.89. The van der Waals surface area contributed by atoms with E-state index in [1.54, 1.807) is 0 Å². The summed E-state index contributed by atoms with van der Waals surface area (Å²) in [7, 11) is 0. The average Bonchev–Trinajstić information content (AvgIpc) is 2.67. The normalized spacial score (nSPS) is 9.52. The zero-order chi connectivity index (χ0) is 17.5. The molecule has 0 aromatic heterocycles. The zero-order valence-corrected chi connectivity index (χ0v) is 15.0. The summed E-state index contributed by atoms with van der Waals surface area (Å²) in [5, 5.41) is 0. The van der Waals surface area contributed by atoms with Gasteiger partial charge in [0, 0.05) is 27.1 Å². The molecular weight excluding hydrogens is 320 g/mol. The quantitative estimate of drug-likeness (QED) is 0.449. The van der Waals surface area contributed by atoms with Crippen LogP contribution in [0.15, 0.2) is 77.7 Å². The summed E-state index contributed by atoms with van der Waals surface area (Å²) >= 11 is 4.29. The van der Waals surface area contributed by atoms with Gasteiger partial charge < -0.3 is 0 Å². The van der Waals surface area contributed by atoms with Gasteiger partial charge in [0.15, 0.2) is 0 Å². The molecule has 3 rings (SSSR count). The van der Waals surface area contributed by atoms with E-state index in [-0.39, 0.29) is 0 Å². The summed E-state index contributed by atoms with van der Waals surface area (Å²) in [6.07, 6.45) is 0.933. The maximum atomic E-state index is 4.29. The molecule has 3 aromatic carbocycles. The number of rotatable bonds is 1. The van der Waals surface area contributed by atoms with Crippen molar-refractivity contribution >= 4 is 12.6 Å². The average molecular weight is 338 g/mol. The fourth-order valence-corrected chi connectivity index (χ4v) is 2.59. The zero-order valence-electron chi connectivity index (χ0n) is 14.1. The van der Waals surface area contributed by atoms with Gasteiger partial charge in [0.1, 0.15) is 0 Å². The van der Waals surface area contributed by atoms with E-state index in [0.717, 1.165) is 33.6 Å². The second-order valence-corrected chi connectivity index (χ2v) is 6.15. The maximum Gasteiger partial charge on any atom is 0.0281 e. The van der Waals surface area contributed by atoms with Gasteiger partial charge in [-0.25, -0.2) is 0 Å². The van der Waals surface area contributed by atoms with Crippen molar-refractivity contribution in [3.8, 4) is 23.7 Å². The second kappa shape index (κ2) is 8.29. The monoisotopic (exact) mass is 338 g/mol. The number of hydrogen-bond donors (Lipinski definition) is 1. The first kappa shape index (κ1) is 17.0. The minimum Gasteiger partial charge on any atom is -0.143 e. The van der Waals surface area contributed by atoms with E-state index in [1.165, 1.54) is 5.56 Å². The Hall–Kier alpha value is -2.87. The Balaban J connectivity index is 1.85. The van der Waals surface area contributed by atoms with Gasteiger partial charge in [-0.05, 0) is 66.6 Å². The summed E-state index contributed by atoms with van der Waals surface area (Å²) < 4.78 is 0. The molecule has 0 bridgehead atoms. The fraction of sp³-hybridized carbons (Fsp3) is 0.0833. The lowest BCUT2D eigenvalue weighted by Gasteiger charge is -2.02. The van der Waals surface area contributed by atoms with Gasteiger partial charge in [0.25, 0.3) is 0 Å². The molecule has 0 saturated carbocycles. The smallest absolute Gasteiger partial charge is 0.0281 e. The van der Waals surface area contributed by atoms with Gasteiger partial charge in [-0.1, -0.05) is 48.8 Å². The van der Waals surface area contributed by atoms with E-state index in [1.807, 2.05) is 60.7 Å².